The first kappa shape index (κ1) is 15.4. The van der Waals surface area contributed by atoms with Crippen LogP contribution in [0.25, 0.3) is 11.0 Å². The molecule has 0 bridgehead atoms. The van der Waals surface area contributed by atoms with E-state index in [0.29, 0.717) is 0 Å². The summed E-state index contributed by atoms with van der Waals surface area (Å²) in [6.45, 7) is 4.27. The van der Waals surface area contributed by atoms with Crippen LogP contribution in [0.1, 0.15) is 24.3 Å². The SMILES string of the molecule is Cl.Cl.c1nc2[nH]ncc2c(N2CCNCC2)c1C1CC1. The molecule has 1 aliphatic heterocycles. The number of pyridine rings is 1. The number of anilines is 1. The maximum absolute atomic E-state index is 4.50. The highest BCUT2D eigenvalue weighted by molar-refractivity contribution is 5.91. The molecule has 0 amide bonds. The molecule has 2 aromatic rings. The standard InChI is InChI=1S/C13H17N5.2ClH/c1-2-9(1)10-7-15-13-11(8-16-17-13)12(10)18-5-3-14-4-6-18;;/h7-9,14H,1-6H2,(H,15,16,17);2*1H. The lowest BCUT2D eigenvalue weighted by molar-refractivity contribution is 0.589. The zero-order valence-corrected chi connectivity index (χ0v) is 12.8. The minimum absolute atomic E-state index is 0. The zero-order chi connectivity index (χ0) is 11.9. The Hall–Kier alpha value is -1.04. The van der Waals surface area contributed by atoms with Gasteiger partial charge in [0.15, 0.2) is 5.65 Å². The van der Waals surface area contributed by atoms with E-state index in [9.17, 15) is 0 Å². The molecule has 0 spiro atoms. The van der Waals surface area contributed by atoms with Crippen LogP contribution in [0.2, 0.25) is 0 Å². The highest BCUT2D eigenvalue weighted by atomic mass is 35.5. The molecule has 1 saturated heterocycles. The van der Waals surface area contributed by atoms with Crippen molar-refractivity contribution in [2.24, 2.45) is 0 Å². The molecule has 0 aromatic carbocycles. The Labute approximate surface area is 130 Å². The topological polar surface area (TPSA) is 56.8 Å². The largest absolute Gasteiger partial charge is 0.368 e. The van der Waals surface area contributed by atoms with Crippen molar-refractivity contribution in [2.45, 2.75) is 18.8 Å². The van der Waals surface area contributed by atoms with E-state index in [4.69, 9.17) is 0 Å². The van der Waals surface area contributed by atoms with E-state index in [1.165, 1.54) is 29.5 Å². The molecular weight excluding hydrogens is 297 g/mol. The molecule has 2 N–H and O–H groups in total. The molecule has 110 valence electrons. The van der Waals surface area contributed by atoms with Gasteiger partial charge in [-0.15, -0.1) is 24.8 Å². The first-order valence-electron chi connectivity index (χ1n) is 6.71. The van der Waals surface area contributed by atoms with Crippen LogP contribution in [0.15, 0.2) is 12.4 Å². The Morgan fingerprint density at radius 3 is 2.55 bits per heavy atom. The number of H-pyrrole nitrogens is 1. The van der Waals surface area contributed by atoms with Gasteiger partial charge < -0.3 is 10.2 Å². The van der Waals surface area contributed by atoms with Crippen LogP contribution in [0, 0.1) is 0 Å². The molecule has 1 saturated carbocycles. The van der Waals surface area contributed by atoms with Gasteiger partial charge in [0.05, 0.1) is 17.3 Å². The van der Waals surface area contributed by atoms with Gasteiger partial charge in [0.25, 0.3) is 0 Å². The first-order valence-corrected chi connectivity index (χ1v) is 6.71. The van der Waals surface area contributed by atoms with Gasteiger partial charge in [-0.1, -0.05) is 0 Å². The number of fused-ring (bicyclic) bond motifs is 1. The molecule has 3 heterocycles. The number of piperazine rings is 1. The van der Waals surface area contributed by atoms with E-state index in [-0.39, 0.29) is 24.8 Å². The van der Waals surface area contributed by atoms with E-state index in [1.54, 1.807) is 0 Å². The fourth-order valence-electron chi connectivity index (χ4n) is 2.84. The van der Waals surface area contributed by atoms with Crippen molar-refractivity contribution < 1.29 is 0 Å². The molecular formula is C13H19Cl2N5. The zero-order valence-electron chi connectivity index (χ0n) is 11.1. The van der Waals surface area contributed by atoms with Gasteiger partial charge in [-0.25, -0.2) is 4.98 Å². The van der Waals surface area contributed by atoms with Gasteiger partial charge in [-0.2, -0.15) is 5.10 Å². The van der Waals surface area contributed by atoms with Crippen molar-refractivity contribution in [1.82, 2.24) is 20.5 Å². The van der Waals surface area contributed by atoms with E-state index < -0.39 is 0 Å². The molecule has 0 unspecified atom stereocenters. The number of nitrogens with zero attached hydrogens (tertiary/aromatic N) is 3. The van der Waals surface area contributed by atoms with Crippen LogP contribution in [-0.2, 0) is 0 Å². The number of aromatic amines is 1. The van der Waals surface area contributed by atoms with Crippen LogP contribution in [0.4, 0.5) is 5.69 Å². The van der Waals surface area contributed by atoms with Crippen molar-refractivity contribution in [3.8, 4) is 0 Å². The Bertz CT molecular complexity index is 575. The Balaban J connectivity index is 0.000000735. The smallest absolute Gasteiger partial charge is 0.157 e. The lowest BCUT2D eigenvalue weighted by atomic mass is 10.1. The average Bonchev–Trinajstić information content (AvgIpc) is 3.16. The molecule has 0 atom stereocenters. The maximum Gasteiger partial charge on any atom is 0.157 e. The second-order valence-electron chi connectivity index (χ2n) is 5.21. The van der Waals surface area contributed by atoms with Crippen LogP contribution in [0.5, 0.6) is 0 Å². The van der Waals surface area contributed by atoms with Gasteiger partial charge in [0.2, 0.25) is 0 Å². The van der Waals surface area contributed by atoms with Gasteiger partial charge in [-0.05, 0) is 24.3 Å². The maximum atomic E-state index is 4.50. The van der Waals surface area contributed by atoms with E-state index in [2.05, 4.69) is 31.6 Å². The van der Waals surface area contributed by atoms with Crippen LogP contribution in [0.3, 0.4) is 0 Å². The van der Waals surface area contributed by atoms with Gasteiger partial charge in [0.1, 0.15) is 0 Å². The van der Waals surface area contributed by atoms with Crippen LogP contribution < -0.4 is 10.2 Å². The molecule has 2 aliphatic rings. The summed E-state index contributed by atoms with van der Waals surface area (Å²) in [5.41, 5.74) is 3.71. The lowest BCUT2D eigenvalue weighted by Crippen LogP contribution is -2.44. The first-order chi connectivity index (χ1) is 8.93. The van der Waals surface area contributed by atoms with E-state index >= 15 is 0 Å². The molecule has 2 fully saturated rings. The van der Waals surface area contributed by atoms with Crippen molar-refractivity contribution >= 4 is 41.5 Å². The molecule has 2 aromatic heterocycles. The summed E-state index contributed by atoms with van der Waals surface area (Å²) in [6.07, 6.45) is 6.59. The van der Waals surface area contributed by atoms with Crippen molar-refractivity contribution in [1.29, 1.82) is 0 Å². The summed E-state index contributed by atoms with van der Waals surface area (Å²) in [5, 5.41) is 11.7. The van der Waals surface area contributed by atoms with E-state index in [0.717, 1.165) is 37.7 Å². The second-order valence-corrected chi connectivity index (χ2v) is 5.21. The summed E-state index contributed by atoms with van der Waals surface area (Å²) >= 11 is 0. The van der Waals surface area contributed by atoms with E-state index in [1.807, 2.05) is 6.20 Å². The third-order valence-corrected chi connectivity index (χ3v) is 3.93. The summed E-state index contributed by atoms with van der Waals surface area (Å²) < 4.78 is 0. The Kier molecular flexibility index (Phi) is 4.73. The van der Waals surface area contributed by atoms with Crippen LogP contribution in [-0.4, -0.2) is 41.4 Å². The van der Waals surface area contributed by atoms with Crippen molar-refractivity contribution in [3.05, 3.63) is 18.0 Å². The molecule has 4 rings (SSSR count). The van der Waals surface area contributed by atoms with Gasteiger partial charge >= 0.3 is 0 Å². The predicted octanol–water partition coefficient (Wildman–Crippen LogP) is 2.09. The highest BCUT2D eigenvalue weighted by Crippen LogP contribution is 2.46. The minimum atomic E-state index is 0. The highest BCUT2D eigenvalue weighted by Gasteiger charge is 2.30. The number of rotatable bonds is 2. The third kappa shape index (κ3) is 2.57. The summed E-state index contributed by atoms with van der Waals surface area (Å²) in [4.78, 5) is 6.99. The third-order valence-electron chi connectivity index (χ3n) is 3.93. The fourth-order valence-corrected chi connectivity index (χ4v) is 2.84. The molecule has 20 heavy (non-hydrogen) atoms. The Morgan fingerprint density at radius 1 is 1.10 bits per heavy atom. The summed E-state index contributed by atoms with van der Waals surface area (Å²) in [6, 6.07) is 0. The van der Waals surface area contributed by atoms with Gasteiger partial charge in [0, 0.05) is 32.4 Å². The van der Waals surface area contributed by atoms with Crippen LogP contribution >= 0.6 is 24.8 Å². The average molecular weight is 316 g/mol. The van der Waals surface area contributed by atoms with Gasteiger partial charge in [-0.3, -0.25) is 5.10 Å². The number of halogens is 2. The molecule has 7 heteroatoms. The number of hydrogen-bond donors (Lipinski definition) is 2. The quantitative estimate of drug-likeness (QED) is 0.891. The lowest BCUT2D eigenvalue weighted by Gasteiger charge is -2.31. The Morgan fingerprint density at radius 2 is 1.85 bits per heavy atom. The monoisotopic (exact) mass is 315 g/mol. The molecule has 0 radical (unpaired) electrons. The molecule has 5 nitrogen and oxygen atoms in total. The number of nitrogens with one attached hydrogen (secondary N) is 2. The minimum Gasteiger partial charge on any atom is -0.368 e. The number of aromatic nitrogens is 3. The summed E-state index contributed by atoms with van der Waals surface area (Å²) in [5.74, 6) is 0.724. The predicted molar refractivity (Wildman–Crippen MR) is 85.4 cm³/mol. The molecule has 1 aliphatic carbocycles. The number of hydrogen-bond acceptors (Lipinski definition) is 4. The normalized spacial score (nSPS) is 18.5. The summed E-state index contributed by atoms with van der Waals surface area (Å²) in [7, 11) is 0. The van der Waals surface area contributed by atoms with Crippen molar-refractivity contribution in [2.75, 3.05) is 31.1 Å². The fraction of sp³-hybridized carbons (Fsp3) is 0.538. The second kappa shape index (κ2) is 6.16. The van der Waals surface area contributed by atoms with Crippen molar-refractivity contribution in [3.63, 3.8) is 0 Å².